The van der Waals surface area contributed by atoms with E-state index in [4.69, 9.17) is 10.8 Å². The fraction of sp³-hybridized carbons (Fsp3) is 0.273. The molecule has 108 valence electrons. The Labute approximate surface area is 113 Å². The number of rotatable bonds is 6. The molecule has 0 spiro atoms. The Morgan fingerprint density at radius 2 is 2.10 bits per heavy atom. The van der Waals surface area contributed by atoms with Crippen LogP contribution in [0, 0.1) is 10.1 Å². The van der Waals surface area contributed by atoms with Gasteiger partial charge in [-0.15, -0.1) is 0 Å². The number of hydrogen-bond donors (Lipinski definition) is 4. The highest BCUT2D eigenvalue weighted by molar-refractivity contribution is 5.84. The van der Waals surface area contributed by atoms with Gasteiger partial charge >= 0.3 is 11.7 Å². The van der Waals surface area contributed by atoms with Crippen molar-refractivity contribution in [2.75, 3.05) is 6.54 Å². The van der Waals surface area contributed by atoms with Gasteiger partial charge in [0.05, 0.1) is 11.5 Å². The molecule has 0 aliphatic rings. The third kappa shape index (κ3) is 3.92. The molecule has 5 N–H and O–H groups in total. The van der Waals surface area contributed by atoms with Gasteiger partial charge in [0.1, 0.15) is 6.04 Å². The van der Waals surface area contributed by atoms with E-state index >= 15 is 0 Å². The van der Waals surface area contributed by atoms with E-state index in [2.05, 4.69) is 5.32 Å². The number of carbonyl (C=O) groups excluding carboxylic acids is 1. The molecule has 0 heterocycles. The molecule has 1 rings (SSSR count). The average molecular weight is 283 g/mol. The molecule has 20 heavy (non-hydrogen) atoms. The fourth-order valence-corrected chi connectivity index (χ4v) is 1.53. The van der Waals surface area contributed by atoms with Crippen LogP contribution in [0.1, 0.15) is 5.56 Å². The van der Waals surface area contributed by atoms with Crippen molar-refractivity contribution in [3.05, 3.63) is 33.9 Å². The zero-order valence-electron chi connectivity index (χ0n) is 10.3. The molecule has 1 amide bonds. The average Bonchev–Trinajstić information content (AvgIpc) is 2.39. The van der Waals surface area contributed by atoms with Crippen LogP contribution in [-0.4, -0.2) is 39.6 Å². The number of aliphatic carboxylic acids is 1. The molecule has 9 heteroatoms. The van der Waals surface area contributed by atoms with Crippen molar-refractivity contribution in [3.8, 4) is 5.75 Å². The van der Waals surface area contributed by atoms with Crippen LogP contribution in [0.2, 0.25) is 0 Å². The molecular formula is C11H13N3O6. The highest BCUT2D eigenvalue weighted by Crippen LogP contribution is 2.26. The van der Waals surface area contributed by atoms with Crippen molar-refractivity contribution in [1.82, 2.24) is 5.32 Å². The van der Waals surface area contributed by atoms with Crippen molar-refractivity contribution in [3.63, 3.8) is 0 Å². The summed E-state index contributed by atoms with van der Waals surface area (Å²) in [6.45, 7) is -0.362. The number of hydrogen-bond acceptors (Lipinski definition) is 6. The van der Waals surface area contributed by atoms with Crippen molar-refractivity contribution in [1.29, 1.82) is 0 Å². The van der Waals surface area contributed by atoms with Crippen molar-refractivity contribution in [2.24, 2.45) is 5.73 Å². The van der Waals surface area contributed by atoms with Crippen LogP contribution in [0.5, 0.6) is 5.75 Å². The van der Waals surface area contributed by atoms with Gasteiger partial charge in [-0.2, -0.15) is 0 Å². The molecule has 9 nitrogen and oxygen atoms in total. The Hall–Kier alpha value is -2.68. The standard InChI is InChI=1S/C11H13N3O6/c12-5-10(16)13-7(11(17)18)3-6-1-2-9(15)8(4-6)14(19)20/h1-2,4,7,15H,3,5,12H2,(H,13,16)(H,17,18)/t7-/m0/s1. The lowest BCUT2D eigenvalue weighted by Gasteiger charge is -2.14. The largest absolute Gasteiger partial charge is 0.502 e. The number of carboxylic acid groups (broad SMARTS) is 1. The van der Waals surface area contributed by atoms with Gasteiger partial charge in [-0.3, -0.25) is 14.9 Å². The number of nitrogens with zero attached hydrogens (tertiary/aromatic N) is 1. The van der Waals surface area contributed by atoms with Crippen LogP contribution in [0.25, 0.3) is 0 Å². The lowest BCUT2D eigenvalue weighted by molar-refractivity contribution is -0.385. The highest BCUT2D eigenvalue weighted by atomic mass is 16.6. The first-order chi connectivity index (χ1) is 9.35. The normalized spacial score (nSPS) is 11.7. The van der Waals surface area contributed by atoms with Crippen molar-refractivity contribution >= 4 is 17.6 Å². The first-order valence-electron chi connectivity index (χ1n) is 5.53. The van der Waals surface area contributed by atoms with E-state index in [1.54, 1.807) is 0 Å². The number of carboxylic acids is 1. The summed E-state index contributed by atoms with van der Waals surface area (Å²) in [5, 5.41) is 31.1. The van der Waals surface area contributed by atoms with E-state index in [1.807, 2.05) is 0 Å². The van der Waals surface area contributed by atoms with Crippen molar-refractivity contribution < 1.29 is 24.7 Å². The van der Waals surface area contributed by atoms with Gasteiger partial charge in [0.2, 0.25) is 5.91 Å². The lowest BCUT2D eigenvalue weighted by atomic mass is 10.0. The highest BCUT2D eigenvalue weighted by Gasteiger charge is 2.22. The molecule has 0 fully saturated rings. The molecule has 0 saturated heterocycles. The van der Waals surface area contributed by atoms with E-state index in [9.17, 15) is 24.8 Å². The van der Waals surface area contributed by atoms with Crippen LogP contribution in [-0.2, 0) is 16.0 Å². The van der Waals surface area contributed by atoms with Gasteiger partial charge in [0.15, 0.2) is 5.75 Å². The Bertz CT molecular complexity index is 545. The van der Waals surface area contributed by atoms with Gasteiger partial charge in [-0.05, 0) is 11.6 Å². The third-order valence-electron chi connectivity index (χ3n) is 2.50. The summed E-state index contributed by atoms with van der Waals surface area (Å²) in [5.74, 6) is -2.45. The minimum atomic E-state index is -1.29. The number of amides is 1. The molecule has 1 aromatic carbocycles. The number of carbonyl (C=O) groups is 2. The van der Waals surface area contributed by atoms with Gasteiger partial charge in [0.25, 0.3) is 0 Å². The maximum absolute atomic E-state index is 11.1. The number of benzene rings is 1. The molecule has 0 aliphatic carbocycles. The van der Waals surface area contributed by atoms with Gasteiger partial charge in [-0.25, -0.2) is 4.79 Å². The molecule has 0 unspecified atom stereocenters. The summed E-state index contributed by atoms with van der Waals surface area (Å²) in [4.78, 5) is 32.0. The molecule has 1 atom stereocenters. The Morgan fingerprint density at radius 1 is 1.45 bits per heavy atom. The van der Waals surface area contributed by atoms with E-state index < -0.39 is 34.3 Å². The fourth-order valence-electron chi connectivity index (χ4n) is 1.53. The van der Waals surface area contributed by atoms with Crippen LogP contribution >= 0.6 is 0 Å². The molecule has 1 aromatic rings. The number of nitro benzene ring substituents is 1. The first kappa shape index (κ1) is 15.4. The predicted octanol–water partition coefficient (Wildman–Crippen LogP) is -0.629. The summed E-state index contributed by atoms with van der Waals surface area (Å²) >= 11 is 0. The summed E-state index contributed by atoms with van der Waals surface area (Å²) in [6.07, 6.45) is -0.164. The summed E-state index contributed by atoms with van der Waals surface area (Å²) < 4.78 is 0. The second kappa shape index (κ2) is 6.48. The first-order valence-corrected chi connectivity index (χ1v) is 5.53. The number of nitrogens with two attached hydrogens (primary N) is 1. The molecule has 0 aromatic heterocycles. The van der Waals surface area contributed by atoms with E-state index in [1.165, 1.54) is 6.07 Å². The minimum Gasteiger partial charge on any atom is -0.502 e. The maximum Gasteiger partial charge on any atom is 0.326 e. The zero-order chi connectivity index (χ0) is 15.3. The number of nitrogens with one attached hydrogen (secondary N) is 1. The summed E-state index contributed by atoms with van der Waals surface area (Å²) in [7, 11) is 0. The zero-order valence-corrected chi connectivity index (χ0v) is 10.3. The maximum atomic E-state index is 11.1. The van der Waals surface area contributed by atoms with E-state index in [0.717, 1.165) is 12.1 Å². The van der Waals surface area contributed by atoms with Crippen LogP contribution in [0.15, 0.2) is 18.2 Å². The van der Waals surface area contributed by atoms with E-state index in [0.29, 0.717) is 5.56 Å². The van der Waals surface area contributed by atoms with Crippen LogP contribution in [0.3, 0.4) is 0 Å². The molecule has 0 aliphatic heterocycles. The number of phenols is 1. The number of phenolic OH excluding ortho intramolecular Hbond substituents is 1. The molecule has 0 saturated carbocycles. The molecule has 0 radical (unpaired) electrons. The SMILES string of the molecule is NCC(=O)N[C@@H](Cc1ccc(O)c([N+](=O)[O-])c1)C(=O)O. The summed E-state index contributed by atoms with van der Waals surface area (Å²) in [5.41, 5.74) is 4.83. The molecular weight excluding hydrogens is 270 g/mol. The Kier molecular flexibility index (Phi) is 4.98. The second-order valence-corrected chi connectivity index (χ2v) is 3.95. The molecule has 0 bridgehead atoms. The van der Waals surface area contributed by atoms with Gasteiger partial charge in [-0.1, -0.05) is 6.07 Å². The summed E-state index contributed by atoms with van der Waals surface area (Å²) in [6, 6.07) is 2.24. The van der Waals surface area contributed by atoms with E-state index in [-0.39, 0.29) is 13.0 Å². The second-order valence-electron chi connectivity index (χ2n) is 3.95. The smallest absolute Gasteiger partial charge is 0.326 e. The monoisotopic (exact) mass is 283 g/mol. The van der Waals surface area contributed by atoms with Crippen LogP contribution < -0.4 is 11.1 Å². The van der Waals surface area contributed by atoms with Crippen LogP contribution in [0.4, 0.5) is 5.69 Å². The van der Waals surface area contributed by atoms with Crippen molar-refractivity contribution in [2.45, 2.75) is 12.5 Å². The van der Waals surface area contributed by atoms with Gasteiger partial charge in [0, 0.05) is 12.5 Å². The Morgan fingerprint density at radius 3 is 2.60 bits per heavy atom. The quantitative estimate of drug-likeness (QED) is 0.400. The Balaban J connectivity index is 2.94. The lowest BCUT2D eigenvalue weighted by Crippen LogP contribution is -2.44. The topological polar surface area (TPSA) is 156 Å². The van der Waals surface area contributed by atoms with Gasteiger partial charge < -0.3 is 21.3 Å². The third-order valence-corrected chi connectivity index (χ3v) is 2.50. The minimum absolute atomic E-state index is 0.164. The number of nitro groups is 1. The number of aromatic hydroxyl groups is 1. The predicted molar refractivity (Wildman–Crippen MR) is 67.1 cm³/mol.